The van der Waals surface area contributed by atoms with Crippen molar-refractivity contribution in [1.29, 1.82) is 0 Å². The Bertz CT molecular complexity index is 1440. The number of aryl methyl sites for hydroxylation is 1. The highest BCUT2D eigenvalue weighted by molar-refractivity contribution is 5.80. The van der Waals surface area contributed by atoms with E-state index >= 15 is 4.39 Å². The number of hydrogen-bond donors (Lipinski definition) is 2. The summed E-state index contributed by atoms with van der Waals surface area (Å²) in [7, 11) is 5.60. The second-order valence-electron chi connectivity index (χ2n) is 8.69. The molecule has 7 heteroatoms. The molecule has 36 heavy (non-hydrogen) atoms. The van der Waals surface area contributed by atoms with Gasteiger partial charge in [-0.3, -0.25) is 4.98 Å². The number of hydrogen-bond acceptors (Lipinski definition) is 4. The number of pyridine rings is 1. The van der Waals surface area contributed by atoms with E-state index in [9.17, 15) is 4.39 Å². The van der Waals surface area contributed by atoms with Crippen LogP contribution in [0.15, 0.2) is 73.6 Å². The molecule has 5 nitrogen and oxygen atoms in total. The lowest BCUT2D eigenvalue weighted by atomic mass is 9.99. The lowest BCUT2D eigenvalue weighted by Gasteiger charge is -2.16. The molecular formula is C29H29F2N5. The lowest BCUT2D eigenvalue weighted by molar-refractivity contribution is 0.616. The van der Waals surface area contributed by atoms with Crippen molar-refractivity contribution in [2.75, 3.05) is 31.4 Å². The Morgan fingerprint density at radius 3 is 2.64 bits per heavy atom. The van der Waals surface area contributed by atoms with Crippen LogP contribution < -0.4 is 10.2 Å². The highest BCUT2D eigenvalue weighted by Gasteiger charge is 2.19. The Kier molecular flexibility index (Phi) is 7.29. The molecule has 2 aromatic carbocycles. The molecule has 2 N–H and O–H groups in total. The summed E-state index contributed by atoms with van der Waals surface area (Å²) >= 11 is 0. The molecule has 184 valence electrons. The molecule has 0 saturated carbocycles. The molecule has 4 rings (SSSR count). The zero-order valence-electron chi connectivity index (χ0n) is 20.9. The van der Waals surface area contributed by atoms with E-state index in [4.69, 9.17) is 4.98 Å². The quantitative estimate of drug-likeness (QED) is 0.285. The van der Waals surface area contributed by atoms with Crippen molar-refractivity contribution in [3.63, 3.8) is 0 Å². The van der Waals surface area contributed by atoms with Crippen LogP contribution in [0.25, 0.3) is 16.7 Å². The summed E-state index contributed by atoms with van der Waals surface area (Å²) in [5, 5.41) is 3.09. The first-order valence-corrected chi connectivity index (χ1v) is 11.6. The second kappa shape index (κ2) is 10.6. The van der Waals surface area contributed by atoms with E-state index in [-0.39, 0.29) is 18.1 Å². The second-order valence-corrected chi connectivity index (χ2v) is 8.69. The molecule has 0 aliphatic rings. The molecule has 0 radical (unpaired) electrons. The predicted octanol–water partition coefficient (Wildman–Crippen LogP) is 6.37. The van der Waals surface area contributed by atoms with Gasteiger partial charge in [-0.15, -0.1) is 0 Å². The van der Waals surface area contributed by atoms with Gasteiger partial charge in [0.2, 0.25) is 0 Å². The highest BCUT2D eigenvalue weighted by atomic mass is 19.1. The average Bonchev–Trinajstić information content (AvgIpc) is 3.23. The van der Waals surface area contributed by atoms with Crippen LogP contribution in [-0.2, 0) is 6.42 Å². The number of benzene rings is 2. The Balaban J connectivity index is 1.75. The van der Waals surface area contributed by atoms with Crippen LogP contribution in [0, 0.1) is 18.6 Å². The Morgan fingerprint density at radius 2 is 1.94 bits per heavy atom. The Labute approximate surface area is 210 Å². The van der Waals surface area contributed by atoms with Crippen LogP contribution in [0.3, 0.4) is 0 Å². The molecule has 0 aliphatic heterocycles. The van der Waals surface area contributed by atoms with Crippen LogP contribution in [0.4, 0.5) is 20.2 Å². The first-order valence-electron chi connectivity index (χ1n) is 11.6. The van der Waals surface area contributed by atoms with Crippen LogP contribution in [0.1, 0.15) is 28.3 Å². The van der Waals surface area contributed by atoms with Gasteiger partial charge in [0.1, 0.15) is 17.5 Å². The van der Waals surface area contributed by atoms with Gasteiger partial charge in [0.15, 0.2) is 0 Å². The molecule has 0 unspecified atom stereocenters. The fraction of sp³-hybridized carbons (Fsp3) is 0.172. The summed E-state index contributed by atoms with van der Waals surface area (Å²) in [6, 6.07) is 11.9. The number of anilines is 2. The van der Waals surface area contributed by atoms with E-state index in [0.29, 0.717) is 39.5 Å². The van der Waals surface area contributed by atoms with Crippen molar-refractivity contribution in [1.82, 2.24) is 15.0 Å². The van der Waals surface area contributed by atoms with Gasteiger partial charge in [-0.2, -0.15) is 0 Å². The molecule has 0 aliphatic carbocycles. The maximum Gasteiger partial charge on any atom is 0.136 e. The maximum absolute atomic E-state index is 15.9. The van der Waals surface area contributed by atoms with Gasteiger partial charge in [-0.25, -0.2) is 13.8 Å². The summed E-state index contributed by atoms with van der Waals surface area (Å²) < 4.78 is 29.8. The summed E-state index contributed by atoms with van der Waals surface area (Å²) in [6.07, 6.45) is 7.08. The number of nitrogens with zero attached hydrogens (tertiary/aromatic N) is 3. The molecule has 0 fully saturated rings. The fourth-order valence-electron chi connectivity index (χ4n) is 4.19. The first kappa shape index (κ1) is 24.9. The van der Waals surface area contributed by atoms with Crippen molar-refractivity contribution in [2.24, 2.45) is 0 Å². The van der Waals surface area contributed by atoms with Gasteiger partial charge in [-0.05, 0) is 42.8 Å². The number of H-pyrrole nitrogens is 1. The normalized spacial score (nSPS) is 11.4. The molecule has 0 saturated heterocycles. The third-order valence-electron chi connectivity index (χ3n) is 6.02. The van der Waals surface area contributed by atoms with Crippen LogP contribution in [0.5, 0.6) is 0 Å². The molecule has 0 atom stereocenters. The van der Waals surface area contributed by atoms with Crippen molar-refractivity contribution in [2.45, 2.75) is 13.3 Å². The van der Waals surface area contributed by atoms with E-state index < -0.39 is 0 Å². The number of imidazole rings is 1. The third kappa shape index (κ3) is 5.05. The SMILES string of the molecule is C=C/C=C(/c1cccc(F)c1)c1nc(Cc2c(NC)ccc(-c3cncc(N(C)C)c3)c2F)[nH]c1C. The summed E-state index contributed by atoms with van der Waals surface area (Å²) in [5.41, 5.74) is 6.11. The highest BCUT2D eigenvalue weighted by Crippen LogP contribution is 2.33. The molecule has 4 aromatic rings. The predicted molar refractivity (Wildman–Crippen MR) is 143 cm³/mol. The molecule has 0 amide bonds. The zero-order valence-corrected chi connectivity index (χ0v) is 20.9. The van der Waals surface area contributed by atoms with E-state index in [2.05, 4.69) is 21.9 Å². The Morgan fingerprint density at radius 1 is 1.14 bits per heavy atom. The van der Waals surface area contributed by atoms with E-state index in [1.54, 1.807) is 43.7 Å². The van der Waals surface area contributed by atoms with Crippen molar-refractivity contribution >= 4 is 16.9 Å². The van der Waals surface area contributed by atoms with Crippen LogP contribution in [0.2, 0.25) is 0 Å². The fourth-order valence-corrected chi connectivity index (χ4v) is 4.19. The van der Waals surface area contributed by atoms with Crippen LogP contribution in [-0.4, -0.2) is 36.1 Å². The number of halogens is 2. The van der Waals surface area contributed by atoms with Gasteiger partial charge in [0.05, 0.1) is 17.6 Å². The Hall–Kier alpha value is -4.26. The van der Waals surface area contributed by atoms with E-state index in [1.165, 1.54) is 12.1 Å². The summed E-state index contributed by atoms with van der Waals surface area (Å²) in [4.78, 5) is 14.3. The van der Waals surface area contributed by atoms with Gasteiger partial charge in [-0.1, -0.05) is 30.9 Å². The van der Waals surface area contributed by atoms with Gasteiger partial charge in [0, 0.05) is 67.4 Å². The average molecular weight is 486 g/mol. The van der Waals surface area contributed by atoms with Crippen molar-refractivity contribution in [3.8, 4) is 11.1 Å². The zero-order chi connectivity index (χ0) is 25.8. The number of aromatic nitrogens is 3. The largest absolute Gasteiger partial charge is 0.388 e. The van der Waals surface area contributed by atoms with Crippen molar-refractivity contribution in [3.05, 3.63) is 114 Å². The number of allylic oxidation sites excluding steroid dienone is 2. The van der Waals surface area contributed by atoms with Gasteiger partial charge < -0.3 is 15.2 Å². The maximum atomic E-state index is 15.9. The number of nitrogens with one attached hydrogen (secondary N) is 2. The number of aromatic amines is 1. The van der Waals surface area contributed by atoms with E-state index in [1.807, 2.05) is 44.1 Å². The minimum atomic E-state index is -0.332. The molecule has 2 heterocycles. The monoisotopic (exact) mass is 485 g/mol. The minimum Gasteiger partial charge on any atom is -0.388 e. The number of rotatable bonds is 8. The van der Waals surface area contributed by atoms with Gasteiger partial charge in [0.25, 0.3) is 0 Å². The molecule has 2 aromatic heterocycles. The summed E-state index contributed by atoms with van der Waals surface area (Å²) in [5.74, 6) is -0.0648. The third-order valence-corrected chi connectivity index (χ3v) is 6.02. The molecule has 0 bridgehead atoms. The first-order chi connectivity index (χ1) is 17.3. The van der Waals surface area contributed by atoms with Gasteiger partial charge >= 0.3 is 0 Å². The molecular weight excluding hydrogens is 456 g/mol. The topological polar surface area (TPSA) is 56.8 Å². The van der Waals surface area contributed by atoms with Crippen LogP contribution >= 0.6 is 0 Å². The minimum absolute atomic E-state index is 0.238. The lowest BCUT2D eigenvalue weighted by Crippen LogP contribution is -2.09. The molecule has 0 spiro atoms. The summed E-state index contributed by atoms with van der Waals surface area (Å²) in [6.45, 7) is 5.69. The smallest absolute Gasteiger partial charge is 0.136 e. The van der Waals surface area contributed by atoms with E-state index in [0.717, 1.165) is 17.0 Å². The standard InChI is InChI=1S/C29H29F2N5/c1-6-8-24(19-9-7-10-21(30)13-19)29-18(2)34-27(35-29)15-25-26(32-3)12-11-23(28(25)31)20-14-22(36(4)5)17-33-16-20/h6-14,16-17,32H,1,15H2,2-5H3,(H,34,35)/b24-8-. The van der Waals surface area contributed by atoms with Crippen molar-refractivity contribution < 1.29 is 8.78 Å².